The lowest BCUT2D eigenvalue weighted by molar-refractivity contribution is 0.0196. The van der Waals surface area contributed by atoms with E-state index in [2.05, 4.69) is 0 Å². The van der Waals surface area contributed by atoms with Crippen molar-refractivity contribution in [3.8, 4) is 0 Å². The topological polar surface area (TPSA) is 72.8 Å². The van der Waals surface area contributed by atoms with Gasteiger partial charge in [0.2, 0.25) is 0 Å². The van der Waals surface area contributed by atoms with Gasteiger partial charge in [0, 0.05) is 11.0 Å². The zero-order valence-corrected chi connectivity index (χ0v) is 17.6. The summed E-state index contributed by atoms with van der Waals surface area (Å²) in [4.78, 5) is 13.3. The standard InChI is InChI=1S/C22H27O5P/c1-15-5-9-17(10-6-15)19(20(23)18-11-7-16(2)8-12-18)21(24)28(25)26-13-22(3,4)14-27-28/h5-12,19,21,24H,13-14H2,1-4H3. The van der Waals surface area contributed by atoms with Gasteiger partial charge in [-0.25, -0.2) is 0 Å². The smallest absolute Gasteiger partial charge is 0.360 e. The number of ketones is 1. The molecule has 150 valence electrons. The van der Waals surface area contributed by atoms with Crippen LogP contribution in [0.15, 0.2) is 48.5 Å². The van der Waals surface area contributed by atoms with Gasteiger partial charge in [-0.15, -0.1) is 0 Å². The zero-order chi connectivity index (χ0) is 20.5. The molecule has 6 heteroatoms. The fourth-order valence-electron chi connectivity index (χ4n) is 3.07. The third-order valence-electron chi connectivity index (χ3n) is 4.95. The van der Waals surface area contributed by atoms with E-state index in [1.54, 1.807) is 24.3 Å². The molecule has 0 aromatic heterocycles. The first-order valence-corrected chi connectivity index (χ1v) is 11.0. The minimum Gasteiger partial charge on any atom is -0.379 e. The van der Waals surface area contributed by atoms with E-state index in [4.69, 9.17) is 9.05 Å². The summed E-state index contributed by atoms with van der Waals surface area (Å²) >= 11 is 0. The van der Waals surface area contributed by atoms with E-state index in [1.807, 2.05) is 52.0 Å². The number of rotatable bonds is 5. The molecule has 2 atom stereocenters. The van der Waals surface area contributed by atoms with Gasteiger partial charge in [0.05, 0.1) is 19.1 Å². The molecule has 0 saturated carbocycles. The molecule has 1 heterocycles. The summed E-state index contributed by atoms with van der Waals surface area (Å²) < 4.78 is 24.3. The van der Waals surface area contributed by atoms with Crippen molar-refractivity contribution in [2.45, 2.75) is 39.5 Å². The second kappa shape index (κ2) is 7.92. The first-order valence-electron chi connectivity index (χ1n) is 9.36. The number of hydrogen-bond donors (Lipinski definition) is 1. The Morgan fingerprint density at radius 3 is 1.93 bits per heavy atom. The Bertz CT molecular complexity index is 872. The molecule has 1 saturated heterocycles. The van der Waals surface area contributed by atoms with Crippen LogP contribution < -0.4 is 0 Å². The van der Waals surface area contributed by atoms with Gasteiger partial charge in [-0.3, -0.25) is 9.36 Å². The van der Waals surface area contributed by atoms with Gasteiger partial charge < -0.3 is 14.2 Å². The van der Waals surface area contributed by atoms with Gasteiger partial charge in [-0.1, -0.05) is 73.5 Å². The highest BCUT2D eigenvalue weighted by Gasteiger charge is 2.48. The highest BCUT2D eigenvalue weighted by molar-refractivity contribution is 7.54. The lowest BCUT2D eigenvalue weighted by atomic mass is 9.90. The predicted molar refractivity (Wildman–Crippen MR) is 109 cm³/mol. The Morgan fingerprint density at radius 1 is 0.964 bits per heavy atom. The maximum absolute atomic E-state index is 13.3. The fourth-order valence-corrected chi connectivity index (χ4v) is 5.19. The fraction of sp³-hybridized carbons (Fsp3) is 0.409. The first-order chi connectivity index (χ1) is 13.1. The number of aryl methyl sites for hydroxylation is 2. The van der Waals surface area contributed by atoms with Crippen molar-refractivity contribution in [2.75, 3.05) is 13.2 Å². The molecule has 3 rings (SSSR count). The average molecular weight is 402 g/mol. The minimum absolute atomic E-state index is 0.195. The molecule has 5 nitrogen and oxygen atoms in total. The van der Waals surface area contributed by atoms with Crippen LogP contribution in [0.25, 0.3) is 0 Å². The molecule has 1 fully saturated rings. The number of Topliss-reactive ketones (excluding diaryl/α,β-unsaturated/α-hetero) is 1. The van der Waals surface area contributed by atoms with Gasteiger partial charge in [-0.2, -0.15) is 0 Å². The molecule has 1 N–H and O–H groups in total. The van der Waals surface area contributed by atoms with Crippen LogP contribution in [0.5, 0.6) is 0 Å². The number of aliphatic hydroxyl groups excluding tert-OH is 1. The van der Waals surface area contributed by atoms with Crippen LogP contribution in [-0.4, -0.2) is 29.9 Å². The van der Waals surface area contributed by atoms with Gasteiger partial charge >= 0.3 is 7.60 Å². The molecule has 0 spiro atoms. The second-order valence-electron chi connectivity index (χ2n) is 8.28. The Balaban J connectivity index is 1.98. The Labute approximate surface area is 166 Å². The number of benzene rings is 2. The summed E-state index contributed by atoms with van der Waals surface area (Å²) in [5, 5.41) is 11.0. The predicted octanol–water partition coefficient (Wildman–Crippen LogP) is 4.85. The summed E-state index contributed by atoms with van der Waals surface area (Å²) in [6, 6.07) is 14.4. The van der Waals surface area contributed by atoms with E-state index in [1.165, 1.54) is 0 Å². The molecule has 28 heavy (non-hydrogen) atoms. The molecule has 0 amide bonds. The van der Waals surface area contributed by atoms with E-state index in [9.17, 15) is 14.5 Å². The molecule has 0 radical (unpaired) electrons. The molecule has 1 aliphatic heterocycles. The lowest BCUT2D eigenvalue weighted by Crippen LogP contribution is -2.35. The van der Waals surface area contributed by atoms with Crippen molar-refractivity contribution < 1.29 is 23.5 Å². The van der Waals surface area contributed by atoms with E-state index < -0.39 is 19.4 Å². The molecular formula is C22H27O5P. The van der Waals surface area contributed by atoms with Crippen LogP contribution in [0.3, 0.4) is 0 Å². The summed E-state index contributed by atoms with van der Waals surface area (Å²) in [6.45, 7) is 8.12. The highest BCUT2D eigenvalue weighted by atomic mass is 31.2. The maximum Gasteiger partial charge on any atom is 0.360 e. The number of aliphatic hydroxyl groups is 1. The van der Waals surface area contributed by atoms with Crippen LogP contribution in [-0.2, 0) is 13.6 Å². The van der Waals surface area contributed by atoms with Gasteiger partial charge in [0.1, 0.15) is 0 Å². The zero-order valence-electron chi connectivity index (χ0n) is 16.7. The second-order valence-corrected chi connectivity index (χ2v) is 10.4. The summed E-state index contributed by atoms with van der Waals surface area (Å²) in [7, 11) is -3.87. The molecular weight excluding hydrogens is 375 g/mol. The number of carbonyl (C=O) groups is 1. The average Bonchev–Trinajstić information content (AvgIpc) is 2.66. The normalized spacial score (nSPS) is 20.3. The van der Waals surface area contributed by atoms with Gasteiger partial charge in [0.15, 0.2) is 11.6 Å². The highest BCUT2D eigenvalue weighted by Crippen LogP contribution is 2.60. The first kappa shape index (κ1) is 20.9. The molecule has 0 bridgehead atoms. The largest absolute Gasteiger partial charge is 0.379 e. The van der Waals surface area contributed by atoms with Gasteiger partial charge in [-0.05, 0) is 19.4 Å². The van der Waals surface area contributed by atoms with Crippen molar-refractivity contribution in [1.29, 1.82) is 0 Å². The van der Waals surface area contributed by atoms with E-state index in [0.29, 0.717) is 11.1 Å². The third kappa shape index (κ3) is 4.44. The van der Waals surface area contributed by atoms with Crippen molar-refractivity contribution in [3.05, 3.63) is 70.8 Å². The monoisotopic (exact) mass is 402 g/mol. The van der Waals surface area contributed by atoms with Crippen LogP contribution >= 0.6 is 7.60 Å². The maximum atomic E-state index is 13.3. The summed E-state index contributed by atoms with van der Waals surface area (Å²) in [5.41, 5.74) is 2.78. The Hall–Kier alpha value is -1.78. The third-order valence-corrected chi connectivity index (χ3v) is 6.87. The molecule has 2 unspecified atom stereocenters. The lowest BCUT2D eigenvalue weighted by Gasteiger charge is -2.37. The number of carbonyl (C=O) groups excluding carboxylic acids is 1. The van der Waals surface area contributed by atoms with Crippen LogP contribution in [0, 0.1) is 19.3 Å². The molecule has 1 aliphatic rings. The number of hydrogen-bond acceptors (Lipinski definition) is 5. The SMILES string of the molecule is Cc1ccc(C(=O)C(c2ccc(C)cc2)C(O)P2(=O)OCC(C)(C)CO2)cc1. The molecule has 2 aromatic rings. The van der Waals surface area contributed by atoms with Crippen molar-refractivity contribution in [3.63, 3.8) is 0 Å². The Kier molecular flexibility index (Phi) is 5.92. The van der Waals surface area contributed by atoms with Crippen LogP contribution in [0.1, 0.15) is 46.8 Å². The van der Waals surface area contributed by atoms with E-state index >= 15 is 0 Å². The van der Waals surface area contributed by atoms with Crippen molar-refractivity contribution in [2.24, 2.45) is 5.41 Å². The van der Waals surface area contributed by atoms with Crippen molar-refractivity contribution in [1.82, 2.24) is 0 Å². The summed E-state index contributed by atoms with van der Waals surface area (Å²) in [5.74, 6) is -2.95. The summed E-state index contributed by atoms with van der Waals surface area (Å²) in [6.07, 6.45) is 0. The van der Waals surface area contributed by atoms with Gasteiger partial charge in [0.25, 0.3) is 0 Å². The van der Waals surface area contributed by atoms with Crippen molar-refractivity contribution >= 4 is 13.4 Å². The van der Waals surface area contributed by atoms with Crippen LogP contribution in [0.4, 0.5) is 0 Å². The van der Waals surface area contributed by atoms with E-state index in [-0.39, 0.29) is 24.4 Å². The van der Waals surface area contributed by atoms with Crippen LogP contribution in [0.2, 0.25) is 0 Å². The molecule has 0 aliphatic carbocycles. The van der Waals surface area contributed by atoms with E-state index in [0.717, 1.165) is 11.1 Å². The Morgan fingerprint density at radius 2 is 1.43 bits per heavy atom. The minimum atomic E-state index is -3.87. The molecule has 2 aromatic carbocycles. The quantitative estimate of drug-likeness (QED) is 0.571.